The molecule has 0 bridgehead atoms. The number of rotatable bonds is 3. The molecule has 0 aliphatic carbocycles. The average molecular weight is 227 g/mol. The van der Waals surface area contributed by atoms with E-state index in [-0.39, 0.29) is 6.80 Å². The molecule has 7 nitrogen and oxygen atoms in total. The summed E-state index contributed by atoms with van der Waals surface area (Å²) in [5.41, 5.74) is 3.50. The van der Waals surface area contributed by atoms with Crippen molar-refractivity contribution in [2.75, 3.05) is 0 Å². The molecule has 0 aromatic heterocycles. The number of carbonyl (C=O) groups excluding carboxylic acids is 2. The molecule has 0 fully saturated rings. The van der Waals surface area contributed by atoms with Gasteiger partial charge >= 0.3 is 1.43 Å². The smallest absolute Gasteiger partial charge is 0.547 e. The molecule has 84 valence electrons. The molecule has 3 atom stereocenters. The largest absolute Gasteiger partial charge is 1.00 e. The van der Waals surface area contributed by atoms with Crippen LogP contribution in [0.1, 0.15) is 8.35 Å². The molecule has 5 N–H and O–H groups in total. The van der Waals surface area contributed by atoms with Gasteiger partial charge in [-0.25, -0.2) is 0 Å². The third kappa shape index (κ3) is 9.26. The molecule has 14 heavy (non-hydrogen) atoms. The van der Waals surface area contributed by atoms with Crippen LogP contribution in [0, 0.1) is 0 Å². The normalized spacial score (nSPS) is 15.8. The highest BCUT2D eigenvalue weighted by Gasteiger charge is 2.17. The predicted molar refractivity (Wildman–Crippen MR) is 44.5 cm³/mol. The summed E-state index contributed by atoms with van der Waals surface area (Å²) >= 11 is 3.85. The minimum Gasteiger partial charge on any atom is -0.547 e. The molecular weight excluding hydrogens is 214 g/mol. The van der Waals surface area contributed by atoms with Crippen LogP contribution >= 0.6 is 12.6 Å². The van der Waals surface area contributed by atoms with Crippen LogP contribution in [0.2, 0.25) is 0 Å². The molecular formula is C6H13NO6S. The van der Waals surface area contributed by atoms with Crippen LogP contribution in [0.4, 0.5) is 0 Å². The van der Waals surface area contributed by atoms with Crippen LogP contribution in [0.15, 0.2) is 0 Å². The van der Waals surface area contributed by atoms with Gasteiger partial charge < -0.3 is 35.7 Å². The Balaban J connectivity index is -0.000000249. The first-order valence-electron chi connectivity index (χ1n) is 3.49. The van der Waals surface area contributed by atoms with E-state index in [4.69, 9.17) is 10.2 Å². The lowest BCUT2D eigenvalue weighted by atomic mass is 10.2. The number of aliphatic hydroxyl groups excluding tert-OH is 2. The predicted octanol–water partition coefficient (Wildman–Crippen LogP) is -5.18. The summed E-state index contributed by atoms with van der Waals surface area (Å²) in [6.45, 7) is 1.92. The highest BCUT2D eigenvalue weighted by molar-refractivity contribution is 7.80. The Hall–Kier alpha value is -0.830. The summed E-state index contributed by atoms with van der Waals surface area (Å²) in [6, 6.07) is 0. The zero-order valence-electron chi connectivity index (χ0n) is 8.41. The third-order valence-electron chi connectivity index (χ3n) is 0.782. The number of carboxylic acid groups (broad SMARTS) is 2. The summed E-state index contributed by atoms with van der Waals surface area (Å²) in [7, 11) is 0. The van der Waals surface area contributed by atoms with Crippen LogP contribution in [-0.2, 0) is 9.59 Å². The molecule has 0 saturated carbocycles. The van der Waals surface area contributed by atoms with Crippen molar-refractivity contribution in [2.45, 2.75) is 24.5 Å². The number of aliphatic hydroxyl groups is 2. The van der Waals surface area contributed by atoms with Gasteiger partial charge in [-0.15, -0.1) is 12.6 Å². The molecule has 0 amide bonds. The third-order valence-corrected chi connectivity index (χ3v) is 0.782. The zero-order chi connectivity index (χ0) is 11.9. The van der Waals surface area contributed by atoms with E-state index < -0.39 is 24.1 Å². The van der Waals surface area contributed by atoms with Crippen molar-refractivity contribution < 1.29 is 37.2 Å². The Labute approximate surface area is 87.0 Å². The van der Waals surface area contributed by atoms with Crippen molar-refractivity contribution in [1.29, 1.82) is 0 Å². The Morgan fingerprint density at radius 2 is 1.43 bits per heavy atom. The summed E-state index contributed by atoms with van der Waals surface area (Å²) in [6.07, 6.45) is -4.88. The van der Waals surface area contributed by atoms with Gasteiger partial charge in [-0.3, -0.25) is 0 Å². The van der Waals surface area contributed by atoms with Crippen molar-refractivity contribution in [3.63, 3.8) is 0 Å². The number of carboxylic acids is 2. The van der Waals surface area contributed by atoms with Gasteiger partial charge in [0.25, 0.3) is 0 Å². The van der Waals surface area contributed by atoms with Crippen LogP contribution in [0.3, 0.4) is 0 Å². The van der Waals surface area contributed by atoms with E-state index in [0.717, 1.165) is 0 Å². The number of thiol groups is 1. The first kappa shape index (κ1) is 15.6. The zero-order valence-corrected chi connectivity index (χ0v) is 8.31. The van der Waals surface area contributed by atoms with Crippen molar-refractivity contribution in [3.05, 3.63) is 0 Å². The topological polar surface area (TPSA) is 148 Å². The lowest BCUT2D eigenvalue weighted by Crippen LogP contribution is -2.55. The summed E-state index contributed by atoms with van der Waals surface area (Å²) in [4.78, 5) is 19.3. The van der Waals surface area contributed by atoms with E-state index in [9.17, 15) is 19.8 Å². The van der Waals surface area contributed by atoms with E-state index in [0.29, 0.717) is 0 Å². The van der Waals surface area contributed by atoms with E-state index in [1.54, 1.807) is 0 Å². The molecule has 0 rings (SSSR count). The molecule has 0 aromatic rings. The van der Waals surface area contributed by atoms with Gasteiger partial charge in [-0.05, 0) is 6.92 Å². The maximum Gasteiger partial charge on any atom is 1.00 e. The average Bonchev–Trinajstić information content (AvgIpc) is 2.00. The van der Waals surface area contributed by atoms with Crippen molar-refractivity contribution in [1.82, 2.24) is 0 Å². The molecule has 0 aliphatic heterocycles. The molecule has 0 aliphatic rings. The Morgan fingerprint density at radius 3 is 1.50 bits per heavy atom. The Morgan fingerprint density at radius 1 is 1.29 bits per heavy atom. The fourth-order valence-corrected chi connectivity index (χ4v) is 0.258. The summed E-state index contributed by atoms with van der Waals surface area (Å²) in [5, 5.41) is 36.0. The molecule has 8 heteroatoms. The minimum atomic E-state index is -2.44. The fourth-order valence-electron chi connectivity index (χ4n) is 0.258. The first-order valence-corrected chi connectivity index (χ1v) is 4.00. The second kappa shape index (κ2) is 7.56. The van der Waals surface area contributed by atoms with Crippen LogP contribution < -0.4 is 15.9 Å². The van der Waals surface area contributed by atoms with E-state index in [1.807, 2.05) is 6.92 Å². The maximum absolute atomic E-state index is 9.63. The van der Waals surface area contributed by atoms with Crippen molar-refractivity contribution in [2.24, 2.45) is 0 Å². The number of hydrogen-bond donors (Lipinski definition) is 4. The van der Waals surface area contributed by atoms with Crippen LogP contribution in [-0.4, -0.2) is 39.7 Å². The van der Waals surface area contributed by atoms with Crippen LogP contribution in [0.25, 0.3) is 0 Å². The Kier molecular flexibility index (Phi) is 8.44. The van der Waals surface area contributed by atoms with Gasteiger partial charge in [0, 0.05) is 0 Å². The quantitative estimate of drug-likeness (QED) is 0.280. The van der Waals surface area contributed by atoms with Gasteiger partial charge in [0.2, 0.25) is 0 Å². The van der Waals surface area contributed by atoms with Gasteiger partial charge in [0.15, 0.2) is 0 Å². The maximum atomic E-state index is 9.63. The molecule has 0 radical (unpaired) electrons. The molecule has 0 heterocycles. The summed E-state index contributed by atoms with van der Waals surface area (Å²) < 4.78 is 0. The van der Waals surface area contributed by atoms with Gasteiger partial charge in [-0.2, -0.15) is 0 Å². The lowest BCUT2D eigenvalue weighted by molar-refractivity contribution is -0.379. The Bertz CT molecular complexity index is 181. The number of hydrogen-bond acceptors (Lipinski definition) is 7. The molecule has 0 aromatic carbocycles. The number of aliphatic carboxylic acids is 2. The standard InChI is InChI=1S/C4H6O6.C2H7NS/c5-1(3(7)8)2(6)4(9)10;1-2(3)4/h1-2,5-6H,(H,7,8)(H,9,10);2,4H,3H2,1H3. The second-order valence-corrected chi connectivity index (χ2v) is 3.26. The second-order valence-electron chi connectivity index (χ2n) is 2.38. The number of quaternary nitrogens is 1. The number of carbonyl (C=O) groups is 2. The summed E-state index contributed by atoms with van der Waals surface area (Å²) in [5.74, 6) is -4.12. The van der Waals surface area contributed by atoms with Crippen molar-refractivity contribution >= 4 is 24.6 Å². The molecule has 0 saturated heterocycles. The first-order chi connectivity index (χ1) is 6.20. The highest BCUT2D eigenvalue weighted by atomic mass is 32.1. The minimum absolute atomic E-state index is 0. The molecule has 0 spiro atoms. The van der Waals surface area contributed by atoms with E-state index >= 15 is 0 Å². The molecule has 3 unspecified atom stereocenters. The van der Waals surface area contributed by atoms with E-state index in [1.165, 1.54) is 0 Å². The SMILES string of the molecule is CC([NH3+])S.O=C([O-])C(O)C(O)C(=O)[O-].[H+]. The lowest BCUT2D eigenvalue weighted by Gasteiger charge is -2.18. The van der Waals surface area contributed by atoms with Gasteiger partial charge in [0.1, 0.15) is 17.6 Å². The van der Waals surface area contributed by atoms with Crippen molar-refractivity contribution in [3.8, 4) is 0 Å². The fraction of sp³-hybridized carbons (Fsp3) is 0.667. The van der Waals surface area contributed by atoms with Gasteiger partial charge in [-0.1, -0.05) is 0 Å². The van der Waals surface area contributed by atoms with Crippen LogP contribution in [0.5, 0.6) is 0 Å². The van der Waals surface area contributed by atoms with Gasteiger partial charge in [0.05, 0.1) is 11.9 Å². The monoisotopic (exact) mass is 227 g/mol. The highest BCUT2D eigenvalue weighted by Crippen LogP contribution is 1.88. The van der Waals surface area contributed by atoms with E-state index in [2.05, 4.69) is 18.4 Å².